The van der Waals surface area contributed by atoms with Crippen molar-refractivity contribution in [2.75, 3.05) is 12.9 Å². The average molecular weight is 375 g/mol. The third kappa shape index (κ3) is 3.03. The number of carbonyl (C=O) groups excluding carboxylic acids is 2. The fraction of sp³-hybridized carbons (Fsp3) is 0.222. The van der Waals surface area contributed by atoms with Crippen molar-refractivity contribution in [3.63, 3.8) is 0 Å². The Morgan fingerprint density at radius 3 is 1.88 bits per heavy atom. The Hall–Kier alpha value is -2.55. The van der Waals surface area contributed by atoms with E-state index in [0.29, 0.717) is 0 Å². The fourth-order valence-corrected chi connectivity index (χ4v) is 3.60. The summed E-state index contributed by atoms with van der Waals surface area (Å²) in [7, 11) is -3.39. The van der Waals surface area contributed by atoms with Crippen LogP contribution in [0.25, 0.3) is 0 Å². The fourth-order valence-electron chi connectivity index (χ4n) is 2.97. The van der Waals surface area contributed by atoms with E-state index >= 15 is 0 Å². The number of sulfone groups is 1. The van der Waals surface area contributed by atoms with Crippen LogP contribution in [-0.2, 0) is 9.84 Å². The monoisotopic (exact) mass is 375 g/mol. The number of carbonyl (C=O) groups is 2. The van der Waals surface area contributed by atoms with Gasteiger partial charge in [0.05, 0.1) is 28.7 Å². The van der Waals surface area contributed by atoms with Crippen molar-refractivity contribution < 1.29 is 28.2 Å². The van der Waals surface area contributed by atoms with Crippen molar-refractivity contribution in [1.29, 1.82) is 0 Å². The molecule has 2 aromatic rings. The quantitative estimate of drug-likeness (QED) is 0.747. The van der Waals surface area contributed by atoms with Crippen LogP contribution in [0.15, 0.2) is 53.4 Å². The van der Waals surface area contributed by atoms with Gasteiger partial charge in [-0.15, -0.1) is 0 Å². The molecule has 2 unspecified atom stereocenters. The van der Waals surface area contributed by atoms with Gasteiger partial charge < -0.3 is 10.2 Å². The lowest BCUT2D eigenvalue weighted by Gasteiger charge is -2.29. The van der Waals surface area contributed by atoms with Crippen LogP contribution < -0.4 is 0 Å². The zero-order valence-electron chi connectivity index (χ0n) is 13.9. The summed E-state index contributed by atoms with van der Waals surface area (Å²) < 4.78 is 23.1. The molecule has 0 aromatic heterocycles. The molecule has 0 saturated carbocycles. The van der Waals surface area contributed by atoms with Gasteiger partial charge in [0.2, 0.25) is 0 Å². The summed E-state index contributed by atoms with van der Waals surface area (Å²) in [6.45, 7) is -0.638. The number of amides is 2. The molecule has 2 amide bonds. The number of nitrogens with zero attached hydrogens (tertiary/aromatic N) is 1. The predicted octanol–water partition coefficient (Wildman–Crippen LogP) is 0.781. The highest BCUT2D eigenvalue weighted by Gasteiger charge is 2.42. The number of aliphatic hydroxyl groups excluding tert-OH is 2. The number of fused-ring (bicyclic) bond motifs is 1. The highest BCUT2D eigenvalue weighted by atomic mass is 32.2. The van der Waals surface area contributed by atoms with E-state index in [1.807, 2.05) is 0 Å². The van der Waals surface area contributed by atoms with Gasteiger partial charge in [0.1, 0.15) is 6.10 Å². The molecule has 0 bridgehead atoms. The van der Waals surface area contributed by atoms with Crippen LogP contribution >= 0.6 is 0 Å². The zero-order valence-corrected chi connectivity index (χ0v) is 14.7. The van der Waals surface area contributed by atoms with Gasteiger partial charge in [-0.1, -0.05) is 24.3 Å². The molecule has 3 rings (SSSR count). The van der Waals surface area contributed by atoms with Crippen molar-refractivity contribution in [3.05, 3.63) is 65.2 Å². The van der Waals surface area contributed by atoms with Crippen LogP contribution in [0.1, 0.15) is 32.4 Å². The summed E-state index contributed by atoms with van der Waals surface area (Å²) in [5.41, 5.74) is 0.721. The second-order valence-electron chi connectivity index (χ2n) is 6.06. The van der Waals surface area contributed by atoms with Crippen molar-refractivity contribution in [2.24, 2.45) is 0 Å². The molecule has 2 N–H and O–H groups in total. The number of hydrogen-bond donors (Lipinski definition) is 2. The topological polar surface area (TPSA) is 112 Å². The lowest BCUT2D eigenvalue weighted by molar-refractivity contribution is 0.0172. The van der Waals surface area contributed by atoms with E-state index < -0.39 is 40.4 Å². The second-order valence-corrected chi connectivity index (χ2v) is 8.08. The first-order valence-corrected chi connectivity index (χ1v) is 9.70. The Kier molecular flexibility index (Phi) is 4.66. The SMILES string of the molecule is CS(=O)(=O)c1ccc(C(O)C(CO)N2C(=O)c3ccccc3C2=O)cc1. The Morgan fingerprint density at radius 1 is 0.962 bits per heavy atom. The second kappa shape index (κ2) is 6.64. The van der Waals surface area contributed by atoms with Crippen molar-refractivity contribution in [2.45, 2.75) is 17.0 Å². The van der Waals surface area contributed by atoms with Crippen molar-refractivity contribution in [3.8, 4) is 0 Å². The highest BCUT2D eigenvalue weighted by molar-refractivity contribution is 7.90. The van der Waals surface area contributed by atoms with Crippen LogP contribution in [0, 0.1) is 0 Å². The number of aliphatic hydroxyl groups is 2. The van der Waals surface area contributed by atoms with E-state index in [9.17, 15) is 28.2 Å². The maximum absolute atomic E-state index is 12.5. The summed E-state index contributed by atoms with van der Waals surface area (Å²) in [6.07, 6.45) is -0.302. The molecule has 26 heavy (non-hydrogen) atoms. The van der Waals surface area contributed by atoms with E-state index in [-0.39, 0.29) is 21.6 Å². The van der Waals surface area contributed by atoms with E-state index in [1.165, 1.54) is 36.4 Å². The molecular weight excluding hydrogens is 358 g/mol. The first-order chi connectivity index (χ1) is 12.3. The normalized spacial score (nSPS) is 16.5. The van der Waals surface area contributed by atoms with Gasteiger partial charge >= 0.3 is 0 Å². The third-order valence-corrected chi connectivity index (χ3v) is 5.49. The first kappa shape index (κ1) is 18.2. The van der Waals surface area contributed by atoms with Gasteiger partial charge in [-0.2, -0.15) is 0 Å². The molecule has 0 fully saturated rings. The highest BCUT2D eigenvalue weighted by Crippen LogP contribution is 2.30. The molecule has 0 spiro atoms. The number of imide groups is 1. The van der Waals surface area contributed by atoms with E-state index in [4.69, 9.17) is 0 Å². The Bertz CT molecular complexity index is 932. The molecule has 2 aromatic carbocycles. The maximum atomic E-state index is 12.5. The summed E-state index contributed by atoms with van der Waals surface area (Å²) in [6, 6.07) is 10.5. The van der Waals surface area contributed by atoms with Gasteiger partial charge in [-0.25, -0.2) is 8.42 Å². The van der Waals surface area contributed by atoms with E-state index in [2.05, 4.69) is 0 Å². The molecule has 0 radical (unpaired) electrons. The van der Waals surface area contributed by atoms with Crippen LogP contribution in [0.5, 0.6) is 0 Å². The summed E-state index contributed by atoms with van der Waals surface area (Å²) in [5.74, 6) is -1.17. The lowest BCUT2D eigenvalue weighted by atomic mass is 10.0. The Balaban J connectivity index is 1.92. The van der Waals surface area contributed by atoms with Gasteiger partial charge in [0.25, 0.3) is 11.8 Å². The molecule has 1 heterocycles. The third-order valence-electron chi connectivity index (χ3n) is 4.36. The van der Waals surface area contributed by atoms with Crippen molar-refractivity contribution >= 4 is 21.7 Å². The summed E-state index contributed by atoms with van der Waals surface area (Å²) >= 11 is 0. The predicted molar refractivity (Wildman–Crippen MR) is 92.3 cm³/mol. The molecule has 1 aliphatic heterocycles. The van der Waals surface area contributed by atoms with E-state index in [0.717, 1.165) is 11.2 Å². The molecule has 136 valence electrons. The average Bonchev–Trinajstić information content (AvgIpc) is 2.87. The number of rotatable bonds is 5. The molecule has 7 nitrogen and oxygen atoms in total. The van der Waals surface area contributed by atoms with Gasteiger partial charge in [-0.05, 0) is 29.8 Å². The van der Waals surface area contributed by atoms with Gasteiger partial charge in [-0.3, -0.25) is 14.5 Å². The van der Waals surface area contributed by atoms with Crippen LogP contribution in [0.3, 0.4) is 0 Å². The molecular formula is C18H17NO6S. The van der Waals surface area contributed by atoms with Crippen LogP contribution in [0.4, 0.5) is 0 Å². The smallest absolute Gasteiger partial charge is 0.261 e. The molecule has 0 aliphatic carbocycles. The first-order valence-electron chi connectivity index (χ1n) is 7.81. The van der Waals surface area contributed by atoms with E-state index in [1.54, 1.807) is 12.1 Å². The van der Waals surface area contributed by atoms with Crippen LogP contribution in [-0.4, -0.2) is 54.2 Å². The Labute approximate surface area is 150 Å². The zero-order chi connectivity index (χ0) is 19.1. The Morgan fingerprint density at radius 2 is 1.46 bits per heavy atom. The summed E-state index contributed by atoms with van der Waals surface area (Å²) in [4.78, 5) is 26.0. The number of hydrogen-bond acceptors (Lipinski definition) is 6. The van der Waals surface area contributed by atoms with Gasteiger partial charge in [0, 0.05) is 6.26 Å². The summed E-state index contributed by atoms with van der Waals surface area (Å²) in [5, 5.41) is 20.3. The largest absolute Gasteiger partial charge is 0.394 e. The molecule has 1 aliphatic rings. The van der Waals surface area contributed by atoms with Crippen molar-refractivity contribution in [1.82, 2.24) is 4.90 Å². The van der Waals surface area contributed by atoms with Crippen LogP contribution in [0.2, 0.25) is 0 Å². The molecule has 0 saturated heterocycles. The lowest BCUT2D eigenvalue weighted by Crippen LogP contribution is -2.45. The standard InChI is InChI=1S/C18H17NO6S/c1-26(24,25)12-8-6-11(7-9-12)16(21)15(10-20)19-17(22)13-4-2-3-5-14(13)18(19)23/h2-9,15-16,20-21H,10H2,1H3. The minimum absolute atomic E-state index is 0.0785. The molecule has 8 heteroatoms. The molecule has 2 atom stereocenters. The maximum Gasteiger partial charge on any atom is 0.261 e. The van der Waals surface area contributed by atoms with Gasteiger partial charge in [0.15, 0.2) is 9.84 Å². The minimum atomic E-state index is -3.39. The number of benzene rings is 2. The minimum Gasteiger partial charge on any atom is -0.394 e.